The average molecular weight is 252 g/mol. The molecule has 0 bridgehead atoms. The fraction of sp³-hybridized carbons (Fsp3) is 0.182. The Labute approximate surface area is 96.2 Å². The van der Waals surface area contributed by atoms with Crippen LogP contribution in [0.5, 0.6) is 5.75 Å². The summed E-state index contributed by atoms with van der Waals surface area (Å²) < 4.78 is 21.8. The molecule has 3 rings (SSSR count). The smallest absolute Gasteiger partial charge is 0.381 e. The van der Waals surface area contributed by atoms with Crippen molar-refractivity contribution in [3.63, 3.8) is 0 Å². The first-order valence-electron chi connectivity index (χ1n) is 5.03. The molecule has 0 aliphatic carbocycles. The summed E-state index contributed by atoms with van der Waals surface area (Å²) in [5.41, 5.74) is 1.17. The second kappa shape index (κ2) is 3.22. The first-order chi connectivity index (χ1) is 7.94. The zero-order valence-corrected chi connectivity index (χ0v) is 9.86. The van der Waals surface area contributed by atoms with Crippen LogP contribution in [0, 0.1) is 6.92 Å². The first-order valence-corrected chi connectivity index (χ1v) is 6.80. The molecule has 0 saturated carbocycles. The van der Waals surface area contributed by atoms with Gasteiger partial charge in [-0.3, -0.25) is 0 Å². The molecule has 0 radical (unpaired) electrons. The molecule has 6 heteroatoms. The van der Waals surface area contributed by atoms with Gasteiger partial charge in [0.2, 0.25) is 0 Å². The maximum absolute atomic E-state index is 11.7. The topological polar surface area (TPSA) is 76.7 Å². The Hall–Kier alpha value is -1.58. The number of benzene rings is 1. The molecule has 0 amide bonds. The van der Waals surface area contributed by atoms with Crippen molar-refractivity contribution in [2.75, 3.05) is 0 Å². The van der Waals surface area contributed by atoms with Gasteiger partial charge in [0.1, 0.15) is 11.3 Å². The number of aryl methyl sites for hydroxylation is 1. The third-order valence-electron chi connectivity index (χ3n) is 2.65. The van der Waals surface area contributed by atoms with E-state index in [2.05, 4.69) is 0 Å². The highest BCUT2D eigenvalue weighted by Crippen LogP contribution is 2.53. The second-order valence-corrected chi connectivity index (χ2v) is 5.89. The molecule has 0 spiro atoms. The second-order valence-electron chi connectivity index (χ2n) is 4.11. The minimum Gasteiger partial charge on any atom is -0.423 e. The van der Waals surface area contributed by atoms with Gasteiger partial charge in [-0.15, -0.1) is 0 Å². The molecule has 88 valence electrons. The highest BCUT2D eigenvalue weighted by Gasteiger charge is 2.31. The monoisotopic (exact) mass is 252 g/mol. The summed E-state index contributed by atoms with van der Waals surface area (Å²) in [5, 5.41) is 0.607. The lowest BCUT2D eigenvalue weighted by molar-refractivity contribution is 0.376. The molecule has 1 atom stereocenters. The molecule has 1 N–H and O–H groups in total. The van der Waals surface area contributed by atoms with Crippen LogP contribution in [0.3, 0.4) is 0 Å². The standard InChI is InChI=1S/C11H9O5P/c1-6-2-8-11-7(4-10(12)15-8)5-17(13,14)16-9(11)3-6/h2-4H,5H2,1H3,(H,13,14). The summed E-state index contributed by atoms with van der Waals surface area (Å²) in [4.78, 5) is 20.9. The Balaban J connectivity index is 2.48. The minimum absolute atomic E-state index is 0.162. The number of hydrogen-bond acceptors (Lipinski definition) is 4. The van der Waals surface area contributed by atoms with E-state index in [0.717, 1.165) is 5.56 Å². The highest BCUT2D eigenvalue weighted by atomic mass is 31.2. The van der Waals surface area contributed by atoms with Crippen LogP contribution >= 0.6 is 7.60 Å². The van der Waals surface area contributed by atoms with Crippen molar-refractivity contribution in [2.45, 2.75) is 13.1 Å². The van der Waals surface area contributed by atoms with Crippen molar-refractivity contribution in [3.8, 4) is 5.75 Å². The lowest BCUT2D eigenvalue weighted by Crippen LogP contribution is -2.08. The van der Waals surface area contributed by atoms with Crippen molar-refractivity contribution in [3.05, 3.63) is 39.7 Å². The summed E-state index contributed by atoms with van der Waals surface area (Å²) >= 11 is 0. The molecular weight excluding hydrogens is 243 g/mol. The summed E-state index contributed by atoms with van der Waals surface area (Å²) in [6, 6.07) is 4.61. The molecule has 2 aromatic rings. The lowest BCUT2D eigenvalue weighted by atomic mass is 10.1. The van der Waals surface area contributed by atoms with E-state index in [9.17, 15) is 14.3 Å². The van der Waals surface area contributed by atoms with Crippen LogP contribution in [0.15, 0.2) is 27.4 Å². The van der Waals surface area contributed by atoms with E-state index in [-0.39, 0.29) is 6.16 Å². The molecule has 0 saturated heterocycles. The zero-order chi connectivity index (χ0) is 12.2. The summed E-state index contributed by atoms with van der Waals surface area (Å²) in [6.45, 7) is 1.79. The fourth-order valence-electron chi connectivity index (χ4n) is 2.07. The van der Waals surface area contributed by atoms with E-state index in [1.54, 1.807) is 19.1 Å². The molecule has 1 unspecified atom stereocenters. The molecule has 2 heterocycles. The van der Waals surface area contributed by atoms with Crippen LogP contribution in [0.1, 0.15) is 11.1 Å². The van der Waals surface area contributed by atoms with Crippen molar-refractivity contribution in [1.82, 2.24) is 0 Å². The van der Waals surface area contributed by atoms with Gasteiger partial charge in [0.15, 0.2) is 0 Å². The SMILES string of the molecule is Cc1cc2c3c(cc(=O)oc3c1)CP(=O)(O)O2. The molecule has 1 aliphatic rings. The van der Waals surface area contributed by atoms with Gasteiger partial charge in [-0.1, -0.05) is 0 Å². The van der Waals surface area contributed by atoms with Crippen LogP contribution in [0.2, 0.25) is 0 Å². The van der Waals surface area contributed by atoms with Crippen LogP contribution < -0.4 is 10.1 Å². The molecule has 1 aliphatic heterocycles. The van der Waals surface area contributed by atoms with Gasteiger partial charge in [0, 0.05) is 6.07 Å². The average Bonchev–Trinajstić information content (AvgIpc) is 2.12. The van der Waals surface area contributed by atoms with Crippen molar-refractivity contribution >= 4 is 18.6 Å². The third kappa shape index (κ3) is 1.68. The van der Waals surface area contributed by atoms with E-state index < -0.39 is 13.2 Å². The van der Waals surface area contributed by atoms with E-state index in [0.29, 0.717) is 22.3 Å². The van der Waals surface area contributed by atoms with Crippen LogP contribution in [-0.2, 0) is 10.7 Å². The molecule has 17 heavy (non-hydrogen) atoms. The van der Waals surface area contributed by atoms with Gasteiger partial charge < -0.3 is 13.8 Å². The number of rotatable bonds is 0. The quantitative estimate of drug-likeness (QED) is 0.574. The van der Waals surface area contributed by atoms with Crippen molar-refractivity contribution in [1.29, 1.82) is 0 Å². The highest BCUT2D eigenvalue weighted by molar-refractivity contribution is 7.52. The maximum atomic E-state index is 11.7. The predicted molar refractivity (Wildman–Crippen MR) is 61.4 cm³/mol. The fourth-order valence-corrected chi connectivity index (χ4v) is 3.26. The molecule has 1 aromatic carbocycles. The third-order valence-corrected chi connectivity index (χ3v) is 3.87. The Morgan fingerprint density at radius 3 is 2.88 bits per heavy atom. The van der Waals surface area contributed by atoms with E-state index in [1.807, 2.05) is 0 Å². The maximum Gasteiger partial charge on any atom is 0.381 e. The van der Waals surface area contributed by atoms with Crippen molar-refractivity contribution in [2.24, 2.45) is 0 Å². The summed E-state index contributed by atoms with van der Waals surface area (Å²) in [6.07, 6.45) is -0.162. The normalized spacial score (nSPS) is 22.5. The molecule has 0 fully saturated rings. The van der Waals surface area contributed by atoms with Gasteiger partial charge in [-0.25, -0.2) is 9.36 Å². The van der Waals surface area contributed by atoms with E-state index in [4.69, 9.17) is 8.94 Å². The van der Waals surface area contributed by atoms with Gasteiger partial charge in [-0.05, 0) is 30.2 Å². The Morgan fingerprint density at radius 1 is 1.35 bits per heavy atom. The van der Waals surface area contributed by atoms with Gasteiger partial charge in [0.25, 0.3) is 0 Å². The Morgan fingerprint density at radius 2 is 2.12 bits per heavy atom. The number of hydrogen-bond donors (Lipinski definition) is 1. The van der Waals surface area contributed by atoms with Crippen LogP contribution in [0.4, 0.5) is 0 Å². The van der Waals surface area contributed by atoms with Gasteiger partial charge in [-0.2, -0.15) is 0 Å². The summed E-state index contributed by atoms with van der Waals surface area (Å²) in [7, 11) is -3.70. The first kappa shape index (κ1) is 10.6. The zero-order valence-electron chi connectivity index (χ0n) is 8.97. The van der Waals surface area contributed by atoms with Crippen LogP contribution in [-0.4, -0.2) is 4.89 Å². The lowest BCUT2D eigenvalue weighted by Gasteiger charge is -2.21. The van der Waals surface area contributed by atoms with E-state index >= 15 is 0 Å². The van der Waals surface area contributed by atoms with Crippen molar-refractivity contribution < 1.29 is 18.4 Å². The van der Waals surface area contributed by atoms with E-state index in [1.165, 1.54) is 6.07 Å². The largest absolute Gasteiger partial charge is 0.423 e. The minimum atomic E-state index is -3.70. The molecular formula is C11H9O5P. The Bertz CT molecular complexity index is 730. The van der Waals surface area contributed by atoms with Gasteiger partial charge >= 0.3 is 13.2 Å². The van der Waals surface area contributed by atoms with Gasteiger partial charge in [0.05, 0.1) is 11.5 Å². The molecule has 5 nitrogen and oxygen atoms in total. The van der Waals surface area contributed by atoms with Crippen LogP contribution in [0.25, 0.3) is 11.0 Å². The Kier molecular flexibility index (Phi) is 2.00. The molecule has 1 aromatic heterocycles. The summed E-state index contributed by atoms with van der Waals surface area (Å²) in [5.74, 6) is 0.302. The predicted octanol–water partition coefficient (Wildman–Crippen LogP) is 2.18.